The largest absolute Gasteiger partial charge is 0.371 e. The molecule has 0 bridgehead atoms. The number of likely N-dealkylation sites (N-methyl/N-ethyl adjacent to an activating group) is 1. The van der Waals surface area contributed by atoms with Gasteiger partial charge in [0.1, 0.15) is 5.82 Å². The van der Waals surface area contributed by atoms with E-state index in [0.717, 1.165) is 47.5 Å². The number of aryl methyl sites for hydroxylation is 1. The number of aromatic nitrogens is 4. The minimum absolute atomic E-state index is 0.454. The molecule has 2 aliphatic heterocycles. The number of nitrogens with zero attached hydrogens (tertiary/aromatic N) is 7. The molecule has 2 aromatic carbocycles. The first-order chi connectivity index (χ1) is 21.4. The molecule has 0 aliphatic carbocycles. The summed E-state index contributed by atoms with van der Waals surface area (Å²) in [5.41, 5.74) is 7.32. The second-order valence-electron chi connectivity index (χ2n) is 12.0. The second-order valence-corrected chi connectivity index (χ2v) is 14.2. The summed E-state index contributed by atoms with van der Waals surface area (Å²) in [6.07, 6.45) is 10.5. The van der Waals surface area contributed by atoms with Gasteiger partial charge in [0, 0.05) is 91.8 Å². The molecule has 0 saturated carbocycles. The molecule has 2 aromatic heterocycles. The minimum Gasteiger partial charge on any atom is -0.371 e. The fourth-order valence-electron chi connectivity index (χ4n) is 6.45. The maximum Gasteiger partial charge on any atom is 0.229 e. The summed E-state index contributed by atoms with van der Waals surface area (Å²) in [6.45, 7) is 17.7. The number of fused-ring (bicyclic) bond motifs is 1. The van der Waals surface area contributed by atoms with Crippen LogP contribution in [0.2, 0.25) is 0 Å². The highest BCUT2D eigenvalue weighted by Gasteiger charge is 2.27. The van der Waals surface area contributed by atoms with E-state index < -0.39 is 7.92 Å². The Labute approximate surface area is 262 Å². The van der Waals surface area contributed by atoms with Crippen molar-refractivity contribution in [3.05, 3.63) is 66.6 Å². The molecular formula is C34H44N9P. The Hall–Kier alpha value is -3.65. The molecule has 2 saturated heterocycles. The van der Waals surface area contributed by atoms with E-state index in [4.69, 9.17) is 4.98 Å². The van der Waals surface area contributed by atoms with Crippen LogP contribution >= 0.6 is 7.92 Å². The summed E-state index contributed by atoms with van der Waals surface area (Å²) >= 11 is 0. The first kappa shape index (κ1) is 30.4. The summed E-state index contributed by atoms with van der Waals surface area (Å²) in [5.74, 6) is 1.24. The van der Waals surface area contributed by atoms with Gasteiger partial charge in [-0.25, -0.2) is 4.98 Å². The van der Waals surface area contributed by atoms with Gasteiger partial charge in [0.2, 0.25) is 5.95 Å². The van der Waals surface area contributed by atoms with E-state index in [1.165, 1.54) is 55.6 Å². The van der Waals surface area contributed by atoms with Crippen LogP contribution in [0.5, 0.6) is 0 Å². The Bertz CT molecular complexity index is 1610. The summed E-state index contributed by atoms with van der Waals surface area (Å²) in [7, 11) is 1.78. The number of benzene rings is 2. The molecule has 44 heavy (non-hydrogen) atoms. The number of anilines is 5. The monoisotopic (exact) mass is 609 g/mol. The highest BCUT2D eigenvalue weighted by molar-refractivity contribution is 7.65. The zero-order chi connectivity index (χ0) is 30.6. The lowest BCUT2D eigenvalue weighted by molar-refractivity contribution is 0.0982. The van der Waals surface area contributed by atoms with Gasteiger partial charge in [0.25, 0.3) is 0 Å². The number of piperidine rings is 1. The third-order valence-corrected chi connectivity index (χ3v) is 10.3. The van der Waals surface area contributed by atoms with Crippen molar-refractivity contribution in [3.8, 4) is 0 Å². The molecule has 0 atom stereocenters. The summed E-state index contributed by atoms with van der Waals surface area (Å²) in [6, 6.07) is 11.5. The first-order valence-electron chi connectivity index (χ1n) is 15.7. The smallest absolute Gasteiger partial charge is 0.229 e. The Morgan fingerprint density at radius 1 is 0.955 bits per heavy atom. The van der Waals surface area contributed by atoms with Crippen LogP contribution in [0, 0.1) is 0 Å². The lowest BCUT2D eigenvalue weighted by Gasteiger charge is -2.43. The fourth-order valence-corrected chi connectivity index (χ4v) is 7.66. The van der Waals surface area contributed by atoms with E-state index in [-0.39, 0.29) is 0 Å². The molecule has 2 aliphatic rings. The van der Waals surface area contributed by atoms with E-state index in [1.807, 2.05) is 12.3 Å². The quantitative estimate of drug-likeness (QED) is 0.232. The topological polar surface area (TPSA) is 85.3 Å². The van der Waals surface area contributed by atoms with Gasteiger partial charge >= 0.3 is 0 Å². The van der Waals surface area contributed by atoms with Crippen molar-refractivity contribution < 1.29 is 0 Å². The molecule has 0 spiro atoms. The van der Waals surface area contributed by atoms with Gasteiger partial charge in [-0.15, -0.1) is 0 Å². The number of piperazine rings is 1. The fraction of sp³-hybridized carbons (Fsp3) is 0.412. The van der Waals surface area contributed by atoms with Gasteiger partial charge in [-0.2, -0.15) is 4.98 Å². The van der Waals surface area contributed by atoms with Gasteiger partial charge in [-0.1, -0.05) is 27.5 Å². The van der Waals surface area contributed by atoms with Crippen LogP contribution in [-0.2, 0) is 6.42 Å². The summed E-state index contributed by atoms with van der Waals surface area (Å²) in [5, 5.41) is 8.20. The van der Waals surface area contributed by atoms with E-state index in [9.17, 15) is 0 Å². The Balaban J connectivity index is 1.18. The van der Waals surface area contributed by atoms with Gasteiger partial charge < -0.3 is 20.4 Å². The Kier molecular flexibility index (Phi) is 9.36. The molecule has 2 N–H and O–H groups in total. The number of nitrogens with one attached hydrogen (secondary N) is 2. The highest BCUT2D eigenvalue weighted by Crippen LogP contribution is 2.34. The summed E-state index contributed by atoms with van der Waals surface area (Å²) < 4.78 is 0. The molecule has 9 nitrogen and oxygen atoms in total. The van der Waals surface area contributed by atoms with E-state index in [2.05, 4.69) is 98.4 Å². The standard InChI is InChI=1S/C34H44N9P/c1-6-24-22-26(8-11-30(24)43-16-12-27(13-17-43)42-20-18-41(3)19-21-42)38-34-37-23-25(7-2)33(40-34)39-29-10-9-28-31(32(29)44(4)5)36-15-14-35-28/h7-11,14-15,22-23,27H,2,6,12-13,16-21H2,1,3-5H3,(H2,37,38,39,40). The molecule has 4 aromatic rings. The van der Waals surface area contributed by atoms with Gasteiger partial charge in [-0.3, -0.25) is 14.9 Å². The van der Waals surface area contributed by atoms with Crippen molar-refractivity contribution in [2.75, 3.05) is 75.2 Å². The van der Waals surface area contributed by atoms with Crippen LogP contribution < -0.4 is 20.8 Å². The summed E-state index contributed by atoms with van der Waals surface area (Å²) in [4.78, 5) is 26.4. The van der Waals surface area contributed by atoms with E-state index >= 15 is 0 Å². The molecule has 4 heterocycles. The van der Waals surface area contributed by atoms with Crippen LogP contribution in [-0.4, -0.2) is 95.4 Å². The van der Waals surface area contributed by atoms with Crippen LogP contribution in [0.3, 0.4) is 0 Å². The maximum atomic E-state index is 4.89. The first-order valence-corrected chi connectivity index (χ1v) is 17.9. The minimum atomic E-state index is -0.454. The zero-order valence-electron chi connectivity index (χ0n) is 26.4. The van der Waals surface area contributed by atoms with Crippen molar-refractivity contribution in [2.45, 2.75) is 32.2 Å². The van der Waals surface area contributed by atoms with Gasteiger partial charge in [-0.05, 0) is 75.5 Å². The predicted octanol–water partition coefficient (Wildman–Crippen LogP) is 5.70. The Morgan fingerprint density at radius 3 is 2.45 bits per heavy atom. The van der Waals surface area contributed by atoms with Gasteiger partial charge in [0.15, 0.2) is 0 Å². The average molecular weight is 610 g/mol. The second kappa shape index (κ2) is 13.6. The maximum absolute atomic E-state index is 4.89. The molecule has 2 fully saturated rings. The van der Waals surface area contributed by atoms with Crippen molar-refractivity contribution in [1.82, 2.24) is 29.7 Å². The third kappa shape index (κ3) is 6.55. The zero-order valence-corrected chi connectivity index (χ0v) is 27.3. The van der Waals surface area contributed by atoms with Crippen molar-refractivity contribution >= 4 is 59.2 Å². The van der Waals surface area contributed by atoms with Crippen LogP contribution in [0.1, 0.15) is 30.9 Å². The SMILES string of the molecule is C=Cc1cnc(Nc2ccc(N3CCC(N4CCN(C)CC4)CC3)c(CC)c2)nc1Nc1ccc2nccnc2c1P(C)C. The van der Waals surface area contributed by atoms with Crippen LogP contribution in [0.25, 0.3) is 17.1 Å². The molecule has 0 amide bonds. The third-order valence-electron chi connectivity index (χ3n) is 8.93. The molecule has 6 rings (SSSR count). The molecule has 0 unspecified atom stereocenters. The molecule has 230 valence electrons. The number of hydrogen-bond donors (Lipinski definition) is 2. The average Bonchev–Trinajstić information content (AvgIpc) is 3.05. The van der Waals surface area contributed by atoms with Crippen LogP contribution in [0.15, 0.2) is 55.5 Å². The van der Waals surface area contributed by atoms with E-state index in [1.54, 1.807) is 18.5 Å². The highest BCUT2D eigenvalue weighted by atomic mass is 31.1. The molecule has 10 heteroatoms. The van der Waals surface area contributed by atoms with Crippen molar-refractivity contribution in [2.24, 2.45) is 0 Å². The van der Waals surface area contributed by atoms with Crippen LogP contribution in [0.4, 0.5) is 28.8 Å². The van der Waals surface area contributed by atoms with Gasteiger partial charge in [0.05, 0.1) is 11.0 Å². The molecular weight excluding hydrogens is 565 g/mol. The molecule has 0 radical (unpaired) electrons. The number of hydrogen-bond acceptors (Lipinski definition) is 9. The predicted molar refractivity (Wildman–Crippen MR) is 187 cm³/mol. The van der Waals surface area contributed by atoms with Crippen molar-refractivity contribution in [3.63, 3.8) is 0 Å². The number of rotatable bonds is 9. The lowest BCUT2D eigenvalue weighted by Crippen LogP contribution is -2.52. The Morgan fingerprint density at radius 2 is 1.73 bits per heavy atom. The lowest BCUT2D eigenvalue weighted by atomic mass is 10.00. The van der Waals surface area contributed by atoms with E-state index in [0.29, 0.717) is 17.8 Å². The normalized spacial score (nSPS) is 16.9. The van der Waals surface area contributed by atoms with Crippen molar-refractivity contribution in [1.29, 1.82) is 0 Å².